The van der Waals surface area contributed by atoms with E-state index in [0.717, 1.165) is 17.9 Å². The van der Waals surface area contributed by atoms with Crippen molar-refractivity contribution in [1.82, 2.24) is 9.47 Å². The fraction of sp³-hybridized carbons (Fsp3) is 0.261. The maximum absolute atomic E-state index is 12.9. The van der Waals surface area contributed by atoms with Gasteiger partial charge in [0.15, 0.2) is 0 Å². The molecule has 0 saturated heterocycles. The van der Waals surface area contributed by atoms with Gasteiger partial charge in [-0.15, -0.1) is 0 Å². The van der Waals surface area contributed by atoms with E-state index in [1.807, 2.05) is 67.3 Å². The van der Waals surface area contributed by atoms with E-state index in [1.165, 1.54) is 5.56 Å². The molecule has 2 aromatic carbocycles. The van der Waals surface area contributed by atoms with Gasteiger partial charge in [-0.3, -0.25) is 0 Å². The predicted octanol–water partition coefficient (Wildman–Crippen LogP) is 4.99. The third-order valence-electron chi connectivity index (χ3n) is 4.66. The molecule has 0 fully saturated rings. The molecule has 1 N–H and O–H groups in total. The summed E-state index contributed by atoms with van der Waals surface area (Å²) in [5, 5.41) is 2.98. The van der Waals surface area contributed by atoms with Gasteiger partial charge in [0.1, 0.15) is 5.75 Å². The van der Waals surface area contributed by atoms with Crippen LogP contribution in [0.4, 0.5) is 10.5 Å². The number of carbonyl (C=O) groups excluding carboxylic acids is 1. The van der Waals surface area contributed by atoms with Crippen molar-refractivity contribution in [1.29, 1.82) is 0 Å². The van der Waals surface area contributed by atoms with Crippen LogP contribution in [0.5, 0.6) is 5.75 Å². The number of nitrogens with one attached hydrogen (secondary N) is 1. The zero-order valence-corrected chi connectivity index (χ0v) is 16.6. The van der Waals surface area contributed by atoms with Crippen molar-refractivity contribution in [2.45, 2.75) is 33.0 Å². The maximum Gasteiger partial charge on any atom is 0.322 e. The van der Waals surface area contributed by atoms with E-state index in [9.17, 15) is 4.79 Å². The van der Waals surface area contributed by atoms with Crippen molar-refractivity contribution in [2.24, 2.45) is 0 Å². The minimum absolute atomic E-state index is 0.0608. The maximum atomic E-state index is 12.9. The van der Waals surface area contributed by atoms with Crippen LogP contribution in [0.2, 0.25) is 0 Å². The number of ether oxygens (including phenoxy) is 1. The molecule has 3 rings (SSSR count). The van der Waals surface area contributed by atoms with E-state index in [4.69, 9.17) is 4.74 Å². The van der Waals surface area contributed by atoms with E-state index in [1.54, 1.807) is 7.11 Å². The summed E-state index contributed by atoms with van der Waals surface area (Å²) in [5.74, 6) is 0.714. The lowest BCUT2D eigenvalue weighted by atomic mass is 10.2. The molecule has 1 heterocycles. The molecule has 5 nitrogen and oxygen atoms in total. The van der Waals surface area contributed by atoms with Gasteiger partial charge >= 0.3 is 6.03 Å². The Hall–Kier alpha value is -3.21. The topological polar surface area (TPSA) is 46.5 Å². The average Bonchev–Trinajstić information content (AvgIpc) is 3.13. The molecular weight excluding hydrogens is 350 g/mol. The normalized spacial score (nSPS) is 10.7. The standard InChI is InChI=1S/C23H27N3O2/c1-18(2)26(23(27)24-20-11-7-13-22(15-20)28-3)17-21-12-8-14-25(21)16-19-9-5-4-6-10-19/h4-15,18H,16-17H2,1-3H3,(H,24,27). The lowest BCUT2D eigenvalue weighted by Gasteiger charge is -2.27. The van der Waals surface area contributed by atoms with Crippen LogP contribution < -0.4 is 10.1 Å². The van der Waals surface area contributed by atoms with Crippen LogP contribution in [-0.4, -0.2) is 28.6 Å². The third-order valence-corrected chi connectivity index (χ3v) is 4.66. The summed E-state index contributed by atoms with van der Waals surface area (Å²) in [6.07, 6.45) is 2.06. The highest BCUT2D eigenvalue weighted by Crippen LogP contribution is 2.19. The predicted molar refractivity (Wildman–Crippen MR) is 113 cm³/mol. The molecule has 28 heavy (non-hydrogen) atoms. The van der Waals surface area contributed by atoms with Crippen molar-refractivity contribution in [3.8, 4) is 5.75 Å². The van der Waals surface area contributed by atoms with Gasteiger partial charge in [0.2, 0.25) is 0 Å². The van der Waals surface area contributed by atoms with Gasteiger partial charge in [0.05, 0.1) is 13.7 Å². The molecule has 5 heteroatoms. The Morgan fingerprint density at radius 1 is 1.07 bits per heavy atom. The molecule has 146 valence electrons. The van der Waals surface area contributed by atoms with Crippen LogP contribution in [0.25, 0.3) is 0 Å². The third kappa shape index (κ3) is 4.94. The van der Waals surface area contributed by atoms with Gasteiger partial charge in [0.25, 0.3) is 0 Å². The van der Waals surface area contributed by atoms with Crippen LogP contribution in [0.3, 0.4) is 0 Å². The van der Waals surface area contributed by atoms with Gasteiger partial charge in [-0.05, 0) is 43.7 Å². The first kappa shape index (κ1) is 19.5. The molecule has 0 atom stereocenters. The highest BCUT2D eigenvalue weighted by molar-refractivity contribution is 5.89. The number of urea groups is 1. The van der Waals surface area contributed by atoms with E-state index < -0.39 is 0 Å². The van der Waals surface area contributed by atoms with Gasteiger partial charge in [-0.2, -0.15) is 0 Å². The second-order valence-corrected chi connectivity index (χ2v) is 7.00. The van der Waals surface area contributed by atoms with Crippen molar-refractivity contribution >= 4 is 11.7 Å². The summed E-state index contributed by atoms with van der Waals surface area (Å²) in [6, 6.07) is 21.7. The highest BCUT2D eigenvalue weighted by Gasteiger charge is 2.19. The summed E-state index contributed by atoms with van der Waals surface area (Å²) >= 11 is 0. The zero-order valence-electron chi connectivity index (χ0n) is 16.6. The Labute approximate surface area is 166 Å². The molecule has 0 saturated carbocycles. The molecule has 0 spiro atoms. The van der Waals surface area contributed by atoms with E-state index in [0.29, 0.717) is 12.3 Å². The number of rotatable bonds is 7. The molecule has 1 aromatic heterocycles. The summed E-state index contributed by atoms with van der Waals surface area (Å²) in [4.78, 5) is 14.7. The first-order chi connectivity index (χ1) is 13.6. The fourth-order valence-corrected chi connectivity index (χ4v) is 3.09. The number of aromatic nitrogens is 1. The van der Waals surface area contributed by atoms with Crippen LogP contribution in [0.1, 0.15) is 25.1 Å². The van der Waals surface area contributed by atoms with Gasteiger partial charge in [-0.1, -0.05) is 36.4 Å². The largest absolute Gasteiger partial charge is 0.497 e. The number of methoxy groups -OCH3 is 1. The smallest absolute Gasteiger partial charge is 0.322 e. The number of carbonyl (C=O) groups is 1. The summed E-state index contributed by atoms with van der Waals surface area (Å²) in [6.45, 7) is 5.37. The average molecular weight is 377 g/mol. The lowest BCUT2D eigenvalue weighted by Crippen LogP contribution is -2.40. The SMILES string of the molecule is COc1cccc(NC(=O)N(Cc2cccn2Cc2ccccc2)C(C)C)c1. The summed E-state index contributed by atoms with van der Waals surface area (Å²) in [5.41, 5.74) is 3.05. The lowest BCUT2D eigenvalue weighted by molar-refractivity contribution is 0.192. The van der Waals surface area contributed by atoms with Crippen LogP contribution in [0, 0.1) is 0 Å². The molecule has 0 unspecified atom stereocenters. The first-order valence-electron chi connectivity index (χ1n) is 9.46. The molecule has 2 amide bonds. The summed E-state index contributed by atoms with van der Waals surface area (Å²) < 4.78 is 7.42. The fourth-order valence-electron chi connectivity index (χ4n) is 3.09. The Balaban J connectivity index is 1.73. The molecule has 0 bridgehead atoms. The van der Waals surface area contributed by atoms with Crippen molar-refractivity contribution in [2.75, 3.05) is 12.4 Å². The quantitative estimate of drug-likeness (QED) is 0.631. The zero-order chi connectivity index (χ0) is 19.9. The number of amides is 2. The molecular formula is C23H27N3O2. The molecule has 3 aromatic rings. The molecule has 0 aliphatic carbocycles. The number of hydrogen-bond acceptors (Lipinski definition) is 2. The Morgan fingerprint density at radius 2 is 1.86 bits per heavy atom. The molecule has 0 aliphatic rings. The number of nitrogens with zero attached hydrogens (tertiary/aromatic N) is 2. The number of hydrogen-bond donors (Lipinski definition) is 1. The molecule has 0 aliphatic heterocycles. The van der Waals surface area contributed by atoms with Gasteiger partial charge < -0.3 is 19.5 Å². The van der Waals surface area contributed by atoms with Gasteiger partial charge in [0, 0.05) is 36.2 Å². The van der Waals surface area contributed by atoms with Crippen LogP contribution in [-0.2, 0) is 13.1 Å². The Morgan fingerprint density at radius 3 is 2.57 bits per heavy atom. The van der Waals surface area contributed by atoms with Crippen molar-refractivity contribution in [3.63, 3.8) is 0 Å². The molecule has 0 radical (unpaired) electrons. The van der Waals surface area contributed by atoms with E-state index in [-0.39, 0.29) is 12.1 Å². The van der Waals surface area contributed by atoms with E-state index >= 15 is 0 Å². The second kappa shape index (κ2) is 9.13. The first-order valence-corrected chi connectivity index (χ1v) is 9.46. The number of anilines is 1. The second-order valence-electron chi connectivity index (χ2n) is 7.00. The van der Waals surface area contributed by atoms with E-state index in [2.05, 4.69) is 34.3 Å². The minimum atomic E-state index is -0.129. The van der Waals surface area contributed by atoms with Crippen LogP contribution in [0.15, 0.2) is 72.9 Å². The monoisotopic (exact) mass is 377 g/mol. The summed E-state index contributed by atoms with van der Waals surface area (Å²) in [7, 11) is 1.61. The Kier molecular flexibility index (Phi) is 6.37. The van der Waals surface area contributed by atoms with Crippen molar-refractivity contribution in [3.05, 3.63) is 84.2 Å². The number of benzene rings is 2. The van der Waals surface area contributed by atoms with Crippen LogP contribution >= 0.6 is 0 Å². The Bertz CT molecular complexity index is 903. The van der Waals surface area contributed by atoms with Gasteiger partial charge in [-0.25, -0.2) is 4.79 Å². The van der Waals surface area contributed by atoms with Crippen molar-refractivity contribution < 1.29 is 9.53 Å². The highest BCUT2D eigenvalue weighted by atomic mass is 16.5. The minimum Gasteiger partial charge on any atom is -0.497 e.